The van der Waals surface area contributed by atoms with Gasteiger partial charge >= 0.3 is 0 Å². The van der Waals surface area contributed by atoms with Crippen molar-refractivity contribution >= 4 is 11.3 Å². The van der Waals surface area contributed by atoms with Gasteiger partial charge < -0.3 is 5.32 Å². The lowest BCUT2D eigenvalue weighted by molar-refractivity contribution is 0.586. The fourth-order valence-electron chi connectivity index (χ4n) is 2.07. The molecule has 0 aliphatic rings. The molecular weight excluding hydrogens is 264 g/mol. The summed E-state index contributed by atoms with van der Waals surface area (Å²) in [4.78, 5) is 1.90. The first-order chi connectivity index (χ1) is 9.06. The number of thiophene rings is 1. The largest absolute Gasteiger partial charge is 0.312 e. The van der Waals surface area contributed by atoms with E-state index in [0.29, 0.717) is 11.1 Å². The third-order valence-corrected chi connectivity index (χ3v) is 4.47. The van der Waals surface area contributed by atoms with Crippen molar-refractivity contribution in [2.75, 3.05) is 7.05 Å². The SMILES string of the molecule is CCC(NC)c1ccc(-c2cc(F)c(C)cc2F)s1. The maximum absolute atomic E-state index is 13.9. The molecule has 1 atom stereocenters. The molecule has 1 aromatic heterocycles. The van der Waals surface area contributed by atoms with Crippen molar-refractivity contribution in [1.29, 1.82) is 0 Å². The summed E-state index contributed by atoms with van der Waals surface area (Å²) in [6.45, 7) is 3.66. The summed E-state index contributed by atoms with van der Waals surface area (Å²) in [6, 6.07) is 6.62. The van der Waals surface area contributed by atoms with E-state index in [4.69, 9.17) is 0 Å². The molecule has 0 amide bonds. The molecule has 1 N–H and O–H groups in total. The van der Waals surface area contributed by atoms with Crippen molar-refractivity contribution in [3.63, 3.8) is 0 Å². The first-order valence-corrected chi connectivity index (χ1v) is 7.11. The standard InChI is InChI=1S/C15H17F2NS/c1-4-13(18-3)15-6-5-14(19-15)10-8-11(16)9(2)7-12(10)17/h5-8,13,18H,4H2,1-3H3. The number of hydrogen-bond acceptors (Lipinski definition) is 2. The zero-order valence-corrected chi connectivity index (χ0v) is 12.1. The van der Waals surface area contributed by atoms with Gasteiger partial charge in [0.25, 0.3) is 0 Å². The van der Waals surface area contributed by atoms with Gasteiger partial charge in [0, 0.05) is 21.4 Å². The van der Waals surface area contributed by atoms with Crippen molar-refractivity contribution in [2.24, 2.45) is 0 Å². The van der Waals surface area contributed by atoms with E-state index in [1.54, 1.807) is 6.92 Å². The molecule has 4 heteroatoms. The molecule has 19 heavy (non-hydrogen) atoms. The topological polar surface area (TPSA) is 12.0 Å². The van der Waals surface area contributed by atoms with Gasteiger partial charge in [-0.15, -0.1) is 11.3 Å². The second-order valence-corrected chi connectivity index (χ2v) is 5.65. The number of rotatable bonds is 4. The third kappa shape index (κ3) is 2.85. The van der Waals surface area contributed by atoms with Crippen LogP contribution in [0, 0.1) is 18.6 Å². The van der Waals surface area contributed by atoms with E-state index in [1.807, 2.05) is 19.2 Å². The van der Waals surface area contributed by atoms with Gasteiger partial charge in [-0.3, -0.25) is 0 Å². The summed E-state index contributed by atoms with van der Waals surface area (Å²) >= 11 is 1.50. The quantitative estimate of drug-likeness (QED) is 0.858. The number of nitrogens with one attached hydrogen (secondary N) is 1. The van der Waals surface area contributed by atoms with Gasteiger partial charge in [-0.1, -0.05) is 6.92 Å². The number of hydrogen-bond donors (Lipinski definition) is 1. The van der Waals surface area contributed by atoms with Crippen molar-refractivity contribution in [1.82, 2.24) is 5.32 Å². The minimum Gasteiger partial charge on any atom is -0.312 e. The van der Waals surface area contributed by atoms with E-state index in [0.717, 1.165) is 16.2 Å². The van der Waals surface area contributed by atoms with Crippen LogP contribution in [-0.4, -0.2) is 7.05 Å². The number of halogens is 2. The minimum absolute atomic E-state index is 0.261. The van der Waals surface area contributed by atoms with Crippen LogP contribution in [0.25, 0.3) is 10.4 Å². The van der Waals surface area contributed by atoms with Gasteiger partial charge in [-0.05, 0) is 50.2 Å². The summed E-state index contributed by atoms with van der Waals surface area (Å²) in [5.74, 6) is -0.739. The van der Waals surface area contributed by atoms with Crippen LogP contribution in [0.3, 0.4) is 0 Å². The van der Waals surface area contributed by atoms with Crippen LogP contribution in [0.1, 0.15) is 29.8 Å². The highest BCUT2D eigenvalue weighted by atomic mass is 32.1. The first-order valence-electron chi connectivity index (χ1n) is 6.29. The summed E-state index contributed by atoms with van der Waals surface area (Å²) in [5.41, 5.74) is 0.671. The van der Waals surface area contributed by atoms with Gasteiger partial charge in [-0.2, -0.15) is 0 Å². The molecule has 0 aliphatic carbocycles. The molecule has 1 aromatic carbocycles. The van der Waals surface area contributed by atoms with Gasteiger partial charge in [0.05, 0.1) is 0 Å². The van der Waals surface area contributed by atoms with E-state index >= 15 is 0 Å². The van der Waals surface area contributed by atoms with E-state index < -0.39 is 0 Å². The molecular formula is C15H17F2NS. The predicted octanol–water partition coefficient (Wildman–Crippen LogP) is 4.67. The van der Waals surface area contributed by atoms with Crippen LogP contribution >= 0.6 is 11.3 Å². The normalized spacial score (nSPS) is 12.7. The molecule has 102 valence electrons. The Bertz CT molecular complexity index is 574. The molecule has 1 nitrogen and oxygen atoms in total. The monoisotopic (exact) mass is 281 g/mol. The minimum atomic E-state index is -0.371. The van der Waals surface area contributed by atoms with E-state index in [-0.39, 0.29) is 17.7 Å². The Hall–Kier alpha value is -1.26. The predicted molar refractivity (Wildman–Crippen MR) is 76.5 cm³/mol. The average Bonchev–Trinajstić information content (AvgIpc) is 2.85. The van der Waals surface area contributed by atoms with Crippen LogP contribution in [0.5, 0.6) is 0 Å². The van der Waals surface area contributed by atoms with Gasteiger partial charge in [0.2, 0.25) is 0 Å². The summed E-state index contributed by atoms with van der Waals surface area (Å²) in [7, 11) is 1.90. The Kier molecular flexibility index (Phi) is 4.32. The highest BCUT2D eigenvalue weighted by Gasteiger charge is 2.14. The van der Waals surface area contributed by atoms with Crippen LogP contribution < -0.4 is 5.32 Å². The van der Waals surface area contributed by atoms with Gasteiger partial charge in [0.1, 0.15) is 11.6 Å². The Morgan fingerprint density at radius 2 is 1.95 bits per heavy atom. The molecule has 2 rings (SSSR count). The van der Waals surface area contributed by atoms with E-state index in [1.165, 1.54) is 23.5 Å². The fourth-order valence-corrected chi connectivity index (χ4v) is 3.29. The lowest BCUT2D eigenvalue weighted by Gasteiger charge is -2.10. The second kappa shape index (κ2) is 5.80. The fraction of sp³-hybridized carbons (Fsp3) is 0.333. The lowest BCUT2D eigenvalue weighted by atomic mass is 10.1. The zero-order valence-electron chi connectivity index (χ0n) is 11.3. The second-order valence-electron chi connectivity index (χ2n) is 4.53. The van der Waals surface area contributed by atoms with Crippen molar-refractivity contribution < 1.29 is 8.78 Å². The van der Waals surface area contributed by atoms with Crippen molar-refractivity contribution in [3.05, 3.63) is 46.3 Å². The first kappa shape index (κ1) is 14.2. The molecule has 0 aliphatic heterocycles. The maximum atomic E-state index is 13.9. The van der Waals surface area contributed by atoms with Gasteiger partial charge in [0.15, 0.2) is 0 Å². The molecule has 0 spiro atoms. The van der Waals surface area contributed by atoms with Crippen LogP contribution in [0.2, 0.25) is 0 Å². The number of benzene rings is 1. The molecule has 0 radical (unpaired) electrons. The summed E-state index contributed by atoms with van der Waals surface area (Å²) in [5, 5.41) is 3.21. The molecule has 1 heterocycles. The molecule has 2 aromatic rings. The highest BCUT2D eigenvalue weighted by Crippen LogP contribution is 2.34. The van der Waals surface area contributed by atoms with E-state index in [9.17, 15) is 8.78 Å². The Labute approximate surface area is 116 Å². The molecule has 0 saturated heterocycles. The molecule has 1 unspecified atom stereocenters. The maximum Gasteiger partial charge on any atom is 0.132 e. The Morgan fingerprint density at radius 1 is 1.21 bits per heavy atom. The Balaban J connectivity index is 2.40. The molecule has 0 saturated carbocycles. The highest BCUT2D eigenvalue weighted by molar-refractivity contribution is 7.15. The molecule has 0 fully saturated rings. The van der Waals surface area contributed by atoms with Gasteiger partial charge in [-0.25, -0.2) is 8.78 Å². The summed E-state index contributed by atoms with van der Waals surface area (Å²) < 4.78 is 27.5. The number of aryl methyl sites for hydroxylation is 1. The van der Waals surface area contributed by atoms with Crippen molar-refractivity contribution in [2.45, 2.75) is 26.3 Å². The average molecular weight is 281 g/mol. The van der Waals surface area contributed by atoms with Crippen LogP contribution in [0.15, 0.2) is 24.3 Å². The lowest BCUT2D eigenvalue weighted by Crippen LogP contribution is -2.13. The Morgan fingerprint density at radius 3 is 2.58 bits per heavy atom. The van der Waals surface area contributed by atoms with Crippen molar-refractivity contribution in [3.8, 4) is 10.4 Å². The summed E-state index contributed by atoms with van der Waals surface area (Å²) in [6.07, 6.45) is 0.960. The van der Waals surface area contributed by atoms with Crippen LogP contribution in [-0.2, 0) is 0 Å². The van der Waals surface area contributed by atoms with E-state index in [2.05, 4.69) is 12.2 Å². The smallest absolute Gasteiger partial charge is 0.132 e. The third-order valence-electron chi connectivity index (χ3n) is 3.24. The molecule has 0 bridgehead atoms. The zero-order chi connectivity index (χ0) is 14.0. The van der Waals surface area contributed by atoms with Crippen LogP contribution in [0.4, 0.5) is 8.78 Å².